The highest BCUT2D eigenvalue weighted by Crippen LogP contribution is 2.40. The second-order valence-electron chi connectivity index (χ2n) is 11.2. The third-order valence-corrected chi connectivity index (χ3v) is 7.33. The zero-order chi connectivity index (χ0) is 29.5. The molecule has 4 rings (SSSR count). The fourth-order valence-corrected chi connectivity index (χ4v) is 4.61. The summed E-state index contributed by atoms with van der Waals surface area (Å²) in [5.74, 6) is -3.42. The van der Waals surface area contributed by atoms with Crippen LogP contribution in [-0.4, -0.2) is 79.5 Å². The Morgan fingerprint density at radius 2 is 1.40 bits per heavy atom. The molecule has 3 aliphatic heterocycles. The molecule has 12 nitrogen and oxygen atoms in total. The van der Waals surface area contributed by atoms with Crippen LogP contribution in [0.1, 0.15) is 61.0 Å². The molecule has 220 valence electrons. The molecule has 0 amide bonds. The predicted molar refractivity (Wildman–Crippen MR) is 138 cm³/mol. The van der Waals surface area contributed by atoms with E-state index < -0.39 is 72.9 Å². The number of hydrogen-bond acceptors (Lipinski definition) is 12. The van der Waals surface area contributed by atoms with Gasteiger partial charge >= 0.3 is 25.0 Å². The van der Waals surface area contributed by atoms with E-state index in [-0.39, 0.29) is 13.2 Å². The van der Waals surface area contributed by atoms with Crippen LogP contribution in [0.15, 0.2) is 24.3 Å². The Morgan fingerprint density at radius 3 is 1.95 bits per heavy atom. The smallest absolute Gasteiger partial charge is 0.463 e. The second-order valence-corrected chi connectivity index (χ2v) is 11.2. The van der Waals surface area contributed by atoms with E-state index in [1.54, 1.807) is 6.92 Å². The third kappa shape index (κ3) is 6.67. The van der Waals surface area contributed by atoms with Gasteiger partial charge in [-0.2, -0.15) is 0 Å². The molecule has 3 heterocycles. The third-order valence-electron chi connectivity index (χ3n) is 7.33. The molecule has 0 N–H and O–H groups in total. The van der Waals surface area contributed by atoms with Crippen molar-refractivity contribution in [3.8, 4) is 0 Å². The summed E-state index contributed by atoms with van der Waals surface area (Å²) in [4.78, 5) is 35.2. The van der Waals surface area contributed by atoms with E-state index in [9.17, 15) is 14.4 Å². The molecule has 0 bridgehead atoms. The molecule has 0 radical (unpaired) electrons. The van der Waals surface area contributed by atoms with Gasteiger partial charge in [0.15, 0.2) is 24.6 Å². The van der Waals surface area contributed by atoms with Crippen molar-refractivity contribution in [1.82, 2.24) is 0 Å². The number of fused-ring (bicyclic) bond motifs is 1. The van der Waals surface area contributed by atoms with E-state index in [1.807, 2.05) is 52.0 Å². The number of benzene rings is 1. The topological polar surface area (TPSA) is 134 Å². The van der Waals surface area contributed by atoms with Gasteiger partial charge < -0.3 is 37.7 Å². The molecular formula is C27H37BO12. The van der Waals surface area contributed by atoms with Crippen molar-refractivity contribution in [2.45, 2.75) is 110 Å². The Balaban J connectivity index is 1.44. The summed E-state index contributed by atoms with van der Waals surface area (Å²) in [6, 6.07) is 7.58. The van der Waals surface area contributed by atoms with Gasteiger partial charge in [-0.25, -0.2) is 0 Å². The second kappa shape index (κ2) is 11.4. The van der Waals surface area contributed by atoms with E-state index in [1.165, 1.54) is 20.8 Å². The molecule has 1 aromatic carbocycles. The molecule has 40 heavy (non-hydrogen) atoms. The summed E-state index contributed by atoms with van der Waals surface area (Å²) in [5, 5.41) is 0. The number of carbonyl (C=O) groups excluding carboxylic acids is 3. The summed E-state index contributed by atoms with van der Waals surface area (Å²) in [7, 11) is -0.484. The molecule has 6 atom stereocenters. The summed E-state index contributed by atoms with van der Waals surface area (Å²) in [5.41, 5.74) is 0.812. The van der Waals surface area contributed by atoms with Crippen LogP contribution < -0.4 is 5.46 Å². The monoisotopic (exact) mass is 564 g/mol. The molecule has 13 heteroatoms. The lowest BCUT2D eigenvalue weighted by molar-refractivity contribution is -0.349. The van der Waals surface area contributed by atoms with E-state index in [0.29, 0.717) is 0 Å². The summed E-state index contributed by atoms with van der Waals surface area (Å²) in [6.07, 6.45) is -5.25. The minimum absolute atomic E-state index is 0.113. The van der Waals surface area contributed by atoms with Gasteiger partial charge in [-0.3, -0.25) is 19.1 Å². The standard InChI is InChI=1S/C27H37BO12/c1-15(29)32-14-20-21(34-16(2)30)22(35-17(3)31)23-24(36-20)38-27(8,37-23)33-13-18-9-11-19(12-10-18)28-39-25(4,5)26(6,7)40-28/h9-12,20-24H,13-14H2,1-8H3/t20?,21-,22+,23?,24+,27-/m1/s1. The minimum Gasteiger partial charge on any atom is -0.463 e. The molecular weight excluding hydrogens is 527 g/mol. The van der Waals surface area contributed by atoms with Crippen LogP contribution in [-0.2, 0) is 63.5 Å². The number of hydrogen-bond donors (Lipinski definition) is 0. The number of esters is 3. The highest BCUT2D eigenvalue weighted by atomic mass is 16.9. The first-order valence-corrected chi connectivity index (χ1v) is 13.2. The van der Waals surface area contributed by atoms with Crippen molar-refractivity contribution < 1.29 is 56.9 Å². The first kappa shape index (κ1) is 30.4. The number of rotatable bonds is 8. The normalized spacial score (nSPS) is 32.3. The van der Waals surface area contributed by atoms with Gasteiger partial charge in [0.05, 0.1) is 17.8 Å². The first-order valence-electron chi connectivity index (χ1n) is 13.2. The SMILES string of the molecule is CC(=O)OCC1O[C@H]2O[C@](C)(OCc3ccc(B4OC(C)(C)C(C)(C)O4)cc3)OC2[C@@H](OC(C)=O)[C@@H]1OC(C)=O. The van der Waals surface area contributed by atoms with Gasteiger partial charge in [0.25, 0.3) is 5.97 Å². The Kier molecular flexibility index (Phi) is 8.65. The lowest BCUT2D eigenvalue weighted by Crippen LogP contribution is -2.60. The van der Waals surface area contributed by atoms with Crippen molar-refractivity contribution in [1.29, 1.82) is 0 Å². The molecule has 0 saturated carbocycles. The number of ether oxygens (including phenoxy) is 7. The van der Waals surface area contributed by atoms with Crippen LogP contribution in [0, 0.1) is 0 Å². The Hall–Kier alpha value is -2.55. The van der Waals surface area contributed by atoms with Crippen molar-refractivity contribution in [2.75, 3.05) is 6.61 Å². The van der Waals surface area contributed by atoms with Gasteiger partial charge in [0.1, 0.15) is 12.7 Å². The lowest BCUT2D eigenvalue weighted by Gasteiger charge is -2.40. The van der Waals surface area contributed by atoms with Crippen LogP contribution in [0.4, 0.5) is 0 Å². The largest absolute Gasteiger partial charge is 0.494 e. The van der Waals surface area contributed by atoms with E-state index in [4.69, 9.17) is 42.5 Å². The van der Waals surface area contributed by atoms with Crippen LogP contribution >= 0.6 is 0 Å². The maximum absolute atomic E-state index is 11.9. The maximum Gasteiger partial charge on any atom is 0.494 e. The first-order chi connectivity index (χ1) is 18.6. The zero-order valence-corrected chi connectivity index (χ0v) is 24.1. The number of carbonyl (C=O) groups is 3. The average molecular weight is 564 g/mol. The van der Waals surface area contributed by atoms with E-state index in [2.05, 4.69) is 0 Å². The fourth-order valence-electron chi connectivity index (χ4n) is 4.61. The van der Waals surface area contributed by atoms with Crippen LogP contribution in [0.25, 0.3) is 0 Å². The summed E-state index contributed by atoms with van der Waals surface area (Å²) < 4.78 is 52.1. The molecule has 0 spiro atoms. The van der Waals surface area contributed by atoms with Crippen molar-refractivity contribution in [3.05, 3.63) is 29.8 Å². The molecule has 3 saturated heterocycles. The predicted octanol–water partition coefficient (Wildman–Crippen LogP) is 1.74. The van der Waals surface area contributed by atoms with Crippen LogP contribution in [0.5, 0.6) is 0 Å². The van der Waals surface area contributed by atoms with Gasteiger partial charge in [0.2, 0.25) is 0 Å². The average Bonchev–Trinajstić information content (AvgIpc) is 3.29. The van der Waals surface area contributed by atoms with Gasteiger partial charge in [0, 0.05) is 27.7 Å². The van der Waals surface area contributed by atoms with Crippen molar-refractivity contribution in [3.63, 3.8) is 0 Å². The van der Waals surface area contributed by atoms with Crippen LogP contribution in [0.2, 0.25) is 0 Å². The van der Waals surface area contributed by atoms with E-state index >= 15 is 0 Å². The maximum atomic E-state index is 11.9. The van der Waals surface area contributed by atoms with Gasteiger partial charge in [-0.05, 0) is 38.7 Å². The highest BCUT2D eigenvalue weighted by molar-refractivity contribution is 6.62. The molecule has 2 unspecified atom stereocenters. The van der Waals surface area contributed by atoms with Gasteiger partial charge in [-0.1, -0.05) is 24.3 Å². The molecule has 1 aromatic rings. The van der Waals surface area contributed by atoms with Crippen molar-refractivity contribution in [2.24, 2.45) is 0 Å². The molecule has 3 fully saturated rings. The quantitative estimate of drug-likeness (QED) is 0.259. The van der Waals surface area contributed by atoms with Crippen LogP contribution in [0.3, 0.4) is 0 Å². The molecule has 3 aliphatic rings. The lowest BCUT2D eigenvalue weighted by atomic mass is 9.79. The Morgan fingerprint density at radius 1 is 0.825 bits per heavy atom. The van der Waals surface area contributed by atoms with Gasteiger partial charge in [-0.15, -0.1) is 0 Å². The Labute approximate surface area is 233 Å². The van der Waals surface area contributed by atoms with Crippen molar-refractivity contribution >= 4 is 30.5 Å². The fraction of sp³-hybridized carbons (Fsp3) is 0.667. The minimum atomic E-state index is -1.59. The summed E-state index contributed by atoms with van der Waals surface area (Å²) in [6.45, 7) is 13.1. The highest BCUT2D eigenvalue weighted by Gasteiger charge is 2.59. The molecule has 0 aromatic heterocycles. The summed E-state index contributed by atoms with van der Waals surface area (Å²) >= 11 is 0. The molecule has 0 aliphatic carbocycles. The zero-order valence-electron chi connectivity index (χ0n) is 24.1. The Bertz CT molecular complexity index is 1090. The van der Waals surface area contributed by atoms with E-state index in [0.717, 1.165) is 11.0 Å².